The fraction of sp³-hybridized carbons (Fsp3) is 0.200. The van der Waals surface area contributed by atoms with Gasteiger partial charge in [-0.1, -0.05) is 24.3 Å². The van der Waals surface area contributed by atoms with Crippen molar-refractivity contribution < 1.29 is 17.7 Å². The molecule has 1 aromatic rings. The van der Waals surface area contributed by atoms with Crippen molar-refractivity contribution in [2.45, 2.75) is 4.93 Å². The minimum Gasteiger partial charge on any atom is -0.463 e. The van der Waals surface area contributed by atoms with Gasteiger partial charge in [-0.2, -0.15) is 8.42 Å². The summed E-state index contributed by atoms with van der Waals surface area (Å²) in [5.74, 6) is 0.382. The summed E-state index contributed by atoms with van der Waals surface area (Å²) in [6, 6.07) is 6.91. The third-order valence-corrected chi connectivity index (χ3v) is 3.70. The molecule has 86 valence electrons. The maximum atomic E-state index is 11.2. The summed E-state index contributed by atoms with van der Waals surface area (Å²) in [4.78, 5) is -1.87. The van der Waals surface area contributed by atoms with Crippen LogP contribution in [0.5, 0.6) is 5.75 Å². The molecule has 1 aliphatic rings. The fourth-order valence-electron chi connectivity index (χ4n) is 1.50. The van der Waals surface area contributed by atoms with Gasteiger partial charge in [0.2, 0.25) is 0 Å². The van der Waals surface area contributed by atoms with E-state index in [2.05, 4.69) is 0 Å². The Labute approximate surface area is 93.3 Å². The molecule has 0 aromatic heterocycles. The van der Waals surface area contributed by atoms with Crippen LogP contribution in [0.3, 0.4) is 0 Å². The van der Waals surface area contributed by atoms with Crippen molar-refractivity contribution in [1.29, 1.82) is 0 Å². The molecule has 0 radical (unpaired) electrons. The van der Waals surface area contributed by atoms with E-state index in [1.807, 2.05) is 0 Å². The molecular weight excluding hydrogens is 230 g/mol. The van der Waals surface area contributed by atoms with Crippen LogP contribution in [0, 0.1) is 0 Å². The van der Waals surface area contributed by atoms with Crippen LogP contribution >= 0.6 is 0 Å². The van der Waals surface area contributed by atoms with Gasteiger partial charge in [0.1, 0.15) is 5.75 Å². The zero-order chi connectivity index (χ0) is 11.8. The van der Waals surface area contributed by atoms with Crippen LogP contribution in [-0.4, -0.2) is 24.4 Å². The van der Waals surface area contributed by atoms with Crippen LogP contribution in [0.15, 0.2) is 30.3 Å². The van der Waals surface area contributed by atoms with Crippen LogP contribution in [0.4, 0.5) is 0 Å². The third-order valence-electron chi connectivity index (χ3n) is 2.44. The lowest BCUT2D eigenvalue weighted by Gasteiger charge is -2.30. The molecule has 1 aromatic carbocycles. The van der Waals surface area contributed by atoms with Crippen molar-refractivity contribution >= 4 is 16.2 Å². The molecule has 0 fully saturated rings. The van der Waals surface area contributed by atoms with E-state index in [1.54, 1.807) is 30.3 Å². The highest BCUT2D eigenvalue weighted by Crippen LogP contribution is 2.32. The summed E-state index contributed by atoms with van der Waals surface area (Å²) < 4.78 is 36.9. The van der Waals surface area contributed by atoms with Gasteiger partial charge in [-0.25, -0.2) is 0 Å². The molecular formula is C10H11NO4S. The Kier molecular flexibility index (Phi) is 2.49. The van der Waals surface area contributed by atoms with Crippen LogP contribution in [-0.2, 0) is 10.1 Å². The van der Waals surface area contributed by atoms with Gasteiger partial charge < -0.3 is 10.5 Å². The second kappa shape index (κ2) is 3.58. The van der Waals surface area contributed by atoms with Crippen LogP contribution in [0.25, 0.3) is 6.08 Å². The van der Waals surface area contributed by atoms with Gasteiger partial charge >= 0.3 is 10.1 Å². The van der Waals surface area contributed by atoms with E-state index < -0.39 is 15.1 Å². The lowest BCUT2D eigenvalue weighted by Crippen LogP contribution is -2.49. The lowest BCUT2D eigenvalue weighted by atomic mass is 10.1. The number of fused-ring (bicyclic) bond motifs is 1. The molecule has 16 heavy (non-hydrogen) atoms. The summed E-state index contributed by atoms with van der Waals surface area (Å²) in [5.41, 5.74) is 6.11. The minimum atomic E-state index is -4.41. The van der Waals surface area contributed by atoms with Crippen molar-refractivity contribution in [3.63, 3.8) is 0 Å². The van der Waals surface area contributed by atoms with E-state index in [1.165, 1.54) is 6.08 Å². The van der Waals surface area contributed by atoms with E-state index in [9.17, 15) is 8.42 Å². The highest BCUT2D eigenvalue weighted by Gasteiger charge is 2.44. The summed E-state index contributed by atoms with van der Waals surface area (Å²) in [6.07, 6.45) is 2.82. The third kappa shape index (κ3) is 1.60. The molecule has 2 rings (SSSR count). The second-order valence-electron chi connectivity index (χ2n) is 3.46. The van der Waals surface area contributed by atoms with E-state index in [-0.39, 0.29) is 6.54 Å². The molecule has 0 bridgehead atoms. The normalized spacial score (nSPS) is 23.6. The van der Waals surface area contributed by atoms with Crippen molar-refractivity contribution in [3.05, 3.63) is 35.9 Å². The number of benzene rings is 1. The fourth-order valence-corrected chi connectivity index (χ4v) is 2.15. The highest BCUT2D eigenvalue weighted by atomic mass is 32.2. The molecule has 1 heterocycles. The highest BCUT2D eigenvalue weighted by molar-refractivity contribution is 7.87. The predicted octanol–water partition coefficient (Wildman–Crippen LogP) is 0.635. The lowest BCUT2D eigenvalue weighted by molar-refractivity contribution is 0.192. The standard InChI is InChI=1S/C10H11NO4S/c11-7-10(16(12,13)14)6-5-8-3-1-2-4-9(8)15-10/h1-6H,7,11H2,(H,12,13,14). The first-order valence-corrected chi connectivity index (χ1v) is 6.07. The van der Waals surface area contributed by atoms with Crippen molar-refractivity contribution in [1.82, 2.24) is 0 Å². The quantitative estimate of drug-likeness (QED) is 0.741. The first-order valence-electron chi connectivity index (χ1n) is 4.63. The maximum absolute atomic E-state index is 11.2. The number of hydrogen-bond donors (Lipinski definition) is 2. The van der Waals surface area contributed by atoms with Gasteiger partial charge in [-0.3, -0.25) is 4.55 Å². The second-order valence-corrected chi connectivity index (χ2v) is 5.11. The van der Waals surface area contributed by atoms with Crippen molar-refractivity contribution in [2.75, 3.05) is 6.54 Å². The van der Waals surface area contributed by atoms with E-state index in [0.29, 0.717) is 5.75 Å². The Morgan fingerprint density at radius 2 is 2.06 bits per heavy atom. The number of para-hydroxylation sites is 1. The number of hydrogen-bond acceptors (Lipinski definition) is 4. The Hall–Kier alpha value is -1.37. The molecule has 1 atom stereocenters. The Morgan fingerprint density at radius 1 is 1.38 bits per heavy atom. The summed E-state index contributed by atoms with van der Waals surface area (Å²) in [5, 5.41) is 0. The molecule has 1 aliphatic heterocycles. The molecule has 0 spiro atoms. The van der Waals surface area contributed by atoms with Crippen LogP contribution in [0.1, 0.15) is 5.56 Å². The van der Waals surface area contributed by atoms with Gasteiger partial charge in [0, 0.05) is 5.56 Å². The Morgan fingerprint density at radius 3 is 2.69 bits per heavy atom. The summed E-state index contributed by atoms with van der Waals surface area (Å²) in [7, 11) is -4.41. The summed E-state index contributed by atoms with van der Waals surface area (Å²) in [6.45, 7) is -0.351. The summed E-state index contributed by atoms with van der Waals surface area (Å²) >= 11 is 0. The van der Waals surface area contributed by atoms with Crippen molar-refractivity contribution in [3.8, 4) is 5.75 Å². The van der Waals surface area contributed by atoms with E-state index >= 15 is 0 Å². The smallest absolute Gasteiger partial charge is 0.311 e. The molecule has 0 aliphatic carbocycles. The van der Waals surface area contributed by atoms with E-state index in [4.69, 9.17) is 15.0 Å². The minimum absolute atomic E-state index is 0.351. The average Bonchev–Trinajstić information content (AvgIpc) is 2.27. The number of ether oxygens (including phenoxy) is 1. The molecule has 0 saturated carbocycles. The number of rotatable bonds is 2. The average molecular weight is 241 g/mol. The zero-order valence-electron chi connectivity index (χ0n) is 8.33. The molecule has 5 nitrogen and oxygen atoms in total. The predicted molar refractivity (Wildman–Crippen MR) is 59.4 cm³/mol. The van der Waals surface area contributed by atoms with Crippen LogP contribution < -0.4 is 10.5 Å². The maximum Gasteiger partial charge on any atom is 0.311 e. The zero-order valence-corrected chi connectivity index (χ0v) is 9.15. The molecule has 6 heteroatoms. The molecule has 0 amide bonds. The SMILES string of the molecule is NCC1(S(=O)(=O)O)C=Cc2ccccc2O1. The molecule has 0 saturated heterocycles. The van der Waals surface area contributed by atoms with Crippen molar-refractivity contribution in [2.24, 2.45) is 5.73 Å². The van der Waals surface area contributed by atoms with E-state index in [0.717, 1.165) is 5.56 Å². The van der Waals surface area contributed by atoms with Crippen LogP contribution in [0.2, 0.25) is 0 Å². The van der Waals surface area contributed by atoms with Gasteiger partial charge in [0.25, 0.3) is 4.93 Å². The monoisotopic (exact) mass is 241 g/mol. The largest absolute Gasteiger partial charge is 0.463 e. The Balaban J connectivity index is 2.53. The topological polar surface area (TPSA) is 89.6 Å². The van der Waals surface area contributed by atoms with Gasteiger partial charge in [-0.15, -0.1) is 0 Å². The first kappa shape index (κ1) is 11.1. The Bertz CT molecular complexity index is 538. The first-order chi connectivity index (χ1) is 7.48. The van der Waals surface area contributed by atoms with Gasteiger partial charge in [0.15, 0.2) is 0 Å². The van der Waals surface area contributed by atoms with Gasteiger partial charge in [-0.05, 0) is 12.1 Å². The number of nitrogens with two attached hydrogens (primary N) is 1. The molecule has 3 N–H and O–H groups in total. The molecule has 1 unspecified atom stereocenters. The van der Waals surface area contributed by atoms with Gasteiger partial charge in [0.05, 0.1) is 6.54 Å².